The monoisotopic (exact) mass is 500 g/mol. The highest BCUT2D eigenvalue weighted by Crippen LogP contribution is 2.41. The fourth-order valence-corrected chi connectivity index (χ4v) is 5.61. The van der Waals surface area contributed by atoms with Gasteiger partial charge in [-0.25, -0.2) is 9.48 Å². The van der Waals surface area contributed by atoms with Crippen LogP contribution >= 0.6 is 0 Å². The molecule has 1 aliphatic heterocycles. The lowest BCUT2D eigenvalue weighted by Crippen LogP contribution is -2.28. The standard InChI is InChI=1S/C26H28N8O3/c1-15-22(33(3)31-29-15)17-13-19-20(28-14-17)21-24(25(26(35)36-4)32(2)30-21)34(19)23(16-8-11-37-12-9-16)18-7-5-6-10-27-18/h5-7,10,13-14,16,23H,8-9,11-12H2,1-4H3. The van der Waals surface area contributed by atoms with Crippen LogP contribution in [0.15, 0.2) is 36.7 Å². The van der Waals surface area contributed by atoms with E-state index in [9.17, 15) is 4.79 Å². The van der Waals surface area contributed by atoms with Gasteiger partial charge in [-0.15, -0.1) is 5.10 Å². The van der Waals surface area contributed by atoms with Crippen LogP contribution in [-0.2, 0) is 23.6 Å². The Hall–Kier alpha value is -4.12. The van der Waals surface area contributed by atoms with Crippen LogP contribution in [0.2, 0.25) is 0 Å². The lowest BCUT2D eigenvalue weighted by Gasteiger charge is -2.32. The Morgan fingerprint density at radius 1 is 1.14 bits per heavy atom. The third kappa shape index (κ3) is 3.69. The predicted molar refractivity (Wildman–Crippen MR) is 136 cm³/mol. The van der Waals surface area contributed by atoms with E-state index in [1.165, 1.54) is 7.11 Å². The molecule has 0 bridgehead atoms. The van der Waals surface area contributed by atoms with E-state index in [1.807, 2.05) is 44.6 Å². The van der Waals surface area contributed by atoms with Gasteiger partial charge < -0.3 is 14.0 Å². The molecule has 0 N–H and O–H groups in total. The van der Waals surface area contributed by atoms with Crippen molar-refractivity contribution in [2.45, 2.75) is 25.8 Å². The average Bonchev–Trinajstić information content (AvgIpc) is 3.54. The molecule has 1 atom stereocenters. The number of rotatable bonds is 5. The van der Waals surface area contributed by atoms with Gasteiger partial charge in [-0.05, 0) is 43.9 Å². The third-order valence-electron chi connectivity index (χ3n) is 7.24. The van der Waals surface area contributed by atoms with Gasteiger partial charge in [-0.3, -0.25) is 14.6 Å². The Morgan fingerprint density at radius 2 is 1.95 bits per heavy atom. The Morgan fingerprint density at radius 3 is 2.62 bits per heavy atom. The molecule has 0 aromatic carbocycles. The predicted octanol–water partition coefficient (Wildman–Crippen LogP) is 3.22. The first-order valence-electron chi connectivity index (χ1n) is 12.3. The van der Waals surface area contributed by atoms with Crippen LogP contribution in [0.3, 0.4) is 0 Å². The van der Waals surface area contributed by atoms with Crippen LogP contribution in [0, 0.1) is 12.8 Å². The first kappa shape index (κ1) is 23.3. The molecule has 0 aliphatic carbocycles. The molecule has 190 valence electrons. The highest BCUT2D eigenvalue weighted by Gasteiger charge is 2.34. The number of fused-ring (bicyclic) bond motifs is 3. The van der Waals surface area contributed by atoms with Crippen molar-refractivity contribution in [3.63, 3.8) is 0 Å². The molecule has 1 fully saturated rings. The van der Waals surface area contributed by atoms with Crippen LogP contribution in [0.25, 0.3) is 33.3 Å². The summed E-state index contributed by atoms with van der Waals surface area (Å²) in [4.78, 5) is 22.7. The van der Waals surface area contributed by atoms with Crippen LogP contribution in [0.5, 0.6) is 0 Å². The molecule has 6 heterocycles. The topological polar surface area (TPSA) is 115 Å². The molecule has 1 unspecified atom stereocenters. The summed E-state index contributed by atoms with van der Waals surface area (Å²) in [7, 11) is 5.01. The van der Waals surface area contributed by atoms with E-state index < -0.39 is 5.97 Å². The number of aromatic nitrogens is 8. The normalized spacial score (nSPS) is 15.5. The smallest absolute Gasteiger partial charge is 0.358 e. The zero-order chi connectivity index (χ0) is 25.7. The van der Waals surface area contributed by atoms with Crippen LogP contribution < -0.4 is 0 Å². The highest BCUT2D eigenvalue weighted by molar-refractivity contribution is 6.11. The molecule has 0 radical (unpaired) electrons. The van der Waals surface area contributed by atoms with Crippen molar-refractivity contribution >= 4 is 28.0 Å². The SMILES string of the molecule is COC(=O)c1c2c(nn1C)c1ncc(-c3c(C)nnn3C)cc1n2C(c1ccccn1)C1CCOCC1. The summed E-state index contributed by atoms with van der Waals surface area (Å²) >= 11 is 0. The van der Waals surface area contributed by atoms with E-state index in [4.69, 9.17) is 24.5 Å². The molecule has 0 spiro atoms. The zero-order valence-electron chi connectivity index (χ0n) is 21.2. The maximum absolute atomic E-state index is 13.0. The summed E-state index contributed by atoms with van der Waals surface area (Å²) in [5.41, 5.74) is 6.79. The molecular formula is C26H28N8O3. The third-order valence-corrected chi connectivity index (χ3v) is 7.24. The number of aryl methyl sites for hydroxylation is 3. The minimum atomic E-state index is -0.451. The van der Waals surface area contributed by atoms with Crippen molar-refractivity contribution in [1.82, 2.24) is 39.3 Å². The van der Waals surface area contributed by atoms with Gasteiger partial charge in [-0.2, -0.15) is 5.10 Å². The van der Waals surface area contributed by atoms with Crippen molar-refractivity contribution in [1.29, 1.82) is 0 Å². The second kappa shape index (κ2) is 9.07. The highest BCUT2D eigenvalue weighted by atomic mass is 16.5. The van der Waals surface area contributed by atoms with Crippen molar-refractivity contribution in [3.05, 3.63) is 53.7 Å². The maximum atomic E-state index is 13.0. The number of hydrogen-bond acceptors (Lipinski definition) is 8. The Kier molecular flexibility index (Phi) is 5.71. The summed E-state index contributed by atoms with van der Waals surface area (Å²) in [5, 5.41) is 13.1. The summed E-state index contributed by atoms with van der Waals surface area (Å²) in [5.74, 6) is -0.218. The number of methoxy groups -OCH3 is 1. The van der Waals surface area contributed by atoms with Gasteiger partial charge in [0.1, 0.15) is 16.6 Å². The maximum Gasteiger partial charge on any atom is 0.358 e. The van der Waals surface area contributed by atoms with Gasteiger partial charge in [0.05, 0.1) is 35.8 Å². The van der Waals surface area contributed by atoms with Gasteiger partial charge in [0.15, 0.2) is 5.69 Å². The number of carbonyl (C=O) groups is 1. The van der Waals surface area contributed by atoms with Crippen molar-refractivity contribution in [2.24, 2.45) is 20.0 Å². The molecule has 6 rings (SSSR count). The van der Waals surface area contributed by atoms with Crippen LogP contribution in [0.4, 0.5) is 0 Å². The summed E-state index contributed by atoms with van der Waals surface area (Å²) < 4.78 is 16.4. The molecule has 5 aromatic heterocycles. The van der Waals surface area contributed by atoms with Crippen LogP contribution in [-0.4, -0.2) is 65.6 Å². The van der Waals surface area contributed by atoms with Gasteiger partial charge in [0.25, 0.3) is 0 Å². The average molecular weight is 501 g/mol. The van der Waals surface area contributed by atoms with Crippen LogP contribution in [0.1, 0.15) is 40.8 Å². The Bertz CT molecular complexity index is 1590. The molecular weight excluding hydrogens is 472 g/mol. The summed E-state index contributed by atoms with van der Waals surface area (Å²) in [6, 6.07) is 7.87. The molecule has 5 aromatic rings. The second-order valence-corrected chi connectivity index (χ2v) is 9.42. The van der Waals surface area contributed by atoms with Crippen molar-refractivity contribution < 1.29 is 14.3 Å². The van der Waals surface area contributed by atoms with E-state index in [-0.39, 0.29) is 12.0 Å². The van der Waals surface area contributed by atoms with Gasteiger partial charge in [-0.1, -0.05) is 11.3 Å². The Balaban J connectivity index is 1.72. The van der Waals surface area contributed by atoms with Gasteiger partial charge in [0.2, 0.25) is 0 Å². The van der Waals surface area contributed by atoms with E-state index in [2.05, 4.69) is 20.9 Å². The zero-order valence-corrected chi connectivity index (χ0v) is 21.2. The largest absolute Gasteiger partial charge is 0.464 e. The fraction of sp³-hybridized carbons (Fsp3) is 0.385. The first-order chi connectivity index (χ1) is 18.0. The number of esters is 1. The number of pyridine rings is 2. The first-order valence-corrected chi connectivity index (χ1v) is 12.3. The molecule has 1 aliphatic rings. The molecule has 11 nitrogen and oxygen atoms in total. The lowest BCUT2D eigenvalue weighted by atomic mass is 9.89. The fourth-order valence-electron chi connectivity index (χ4n) is 5.61. The van der Waals surface area contributed by atoms with E-state index in [0.717, 1.165) is 41.0 Å². The quantitative estimate of drug-likeness (QED) is 0.338. The number of ether oxygens (including phenoxy) is 2. The molecule has 1 saturated heterocycles. The molecule has 0 saturated carbocycles. The lowest BCUT2D eigenvalue weighted by molar-refractivity contribution is 0.0543. The van der Waals surface area contributed by atoms with Gasteiger partial charge in [0, 0.05) is 45.3 Å². The minimum Gasteiger partial charge on any atom is -0.464 e. The molecule has 37 heavy (non-hydrogen) atoms. The van der Waals surface area contributed by atoms with Gasteiger partial charge >= 0.3 is 5.97 Å². The second-order valence-electron chi connectivity index (χ2n) is 9.42. The number of hydrogen-bond donors (Lipinski definition) is 0. The molecule has 11 heteroatoms. The van der Waals surface area contributed by atoms with Crippen molar-refractivity contribution in [2.75, 3.05) is 20.3 Å². The Labute approximate surface area is 213 Å². The van der Waals surface area contributed by atoms with E-state index >= 15 is 0 Å². The molecule has 0 amide bonds. The summed E-state index contributed by atoms with van der Waals surface area (Å²) in [6.45, 7) is 3.28. The van der Waals surface area contributed by atoms with Crippen molar-refractivity contribution in [3.8, 4) is 11.3 Å². The number of carbonyl (C=O) groups excluding carboxylic acids is 1. The summed E-state index contributed by atoms with van der Waals surface area (Å²) in [6.07, 6.45) is 5.36. The minimum absolute atomic E-state index is 0.166. The number of nitrogens with zero attached hydrogens (tertiary/aromatic N) is 8. The van der Waals surface area contributed by atoms with E-state index in [1.54, 1.807) is 16.4 Å². The van der Waals surface area contributed by atoms with E-state index in [0.29, 0.717) is 35.5 Å².